The smallest absolute Gasteiger partial charge is 0.319 e. The first-order valence-electron chi connectivity index (χ1n) is 4.48. The van der Waals surface area contributed by atoms with E-state index in [4.69, 9.17) is 22.4 Å². The van der Waals surface area contributed by atoms with Crippen LogP contribution in [0, 0.1) is 0 Å². The van der Waals surface area contributed by atoms with Crippen molar-refractivity contribution in [2.45, 2.75) is 0 Å². The van der Waals surface area contributed by atoms with Crippen LogP contribution in [0.1, 0.15) is 0 Å². The SMILES string of the molecule is Nc1cc(O)c(NC(=O)NCCO)cc1Cl. The fourth-order valence-electron chi connectivity index (χ4n) is 1.01. The second-order valence-electron chi connectivity index (χ2n) is 3.00. The number of nitrogens with two attached hydrogens (primary N) is 1. The molecule has 0 unspecified atom stereocenters. The summed E-state index contributed by atoms with van der Waals surface area (Å²) in [6.07, 6.45) is 0. The van der Waals surface area contributed by atoms with Gasteiger partial charge in [0.25, 0.3) is 0 Å². The summed E-state index contributed by atoms with van der Waals surface area (Å²) in [4.78, 5) is 11.2. The molecule has 0 saturated carbocycles. The van der Waals surface area contributed by atoms with Crippen molar-refractivity contribution in [1.29, 1.82) is 0 Å². The molecule has 6 nitrogen and oxygen atoms in total. The Kier molecular flexibility index (Phi) is 4.21. The molecule has 16 heavy (non-hydrogen) atoms. The summed E-state index contributed by atoms with van der Waals surface area (Å²) in [5.41, 5.74) is 5.82. The van der Waals surface area contributed by atoms with Gasteiger partial charge in [-0.15, -0.1) is 0 Å². The van der Waals surface area contributed by atoms with Gasteiger partial charge in [0.15, 0.2) is 0 Å². The number of hydrogen-bond donors (Lipinski definition) is 5. The summed E-state index contributed by atoms with van der Waals surface area (Å²) in [5, 5.41) is 22.9. The molecule has 0 fully saturated rings. The molecule has 0 spiro atoms. The van der Waals surface area contributed by atoms with Gasteiger partial charge in [0.2, 0.25) is 0 Å². The van der Waals surface area contributed by atoms with E-state index in [1.807, 2.05) is 0 Å². The molecule has 1 rings (SSSR count). The predicted octanol–water partition coefficient (Wildman–Crippen LogP) is 0.742. The third-order valence-electron chi connectivity index (χ3n) is 1.76. The standard InChI is InChI=1S/C9H12ClN3O3/c10-5-3-7(8(15)4-6(5)11)13-9(16)12-1-2-14/h3-4,14-15H,1-2,11H2,(H2,12,13,16). The molecule has 0 aliphatic heterocycles. The molecule has 1 aromatic carbocycles. The van der Waals surface area contributed by atoms with E-state index in [0.29, 0.717) is 0 Å². The van der Waals surface area contributed by atoms with Crippen molar-refractivity contribution in [3.05, 3.63) is 17.2 Å². The zero-order chi connectivity index (χ0) is 12.1. The first-order chi connectivity index (χ1) is 7.54. The van der Waals surface area contributed by atoms with Crippen molar-refractivity contribution < 1.29 is 15.0 Å². The largest absolute Gasteiger partial charge is 0.506 e. The maximum Gasteiger partial charge on any atom is 0.319 e. The second kappa shape index (κ2) is 5.43. The monoisotopic (exact) mass is 245 g/mol. The molecule has 1 aromatic rings. The van der Waals surface area contributed by atoms with Gasteiger partial charge in [0.05, 0.1) is 23.0 Å². The molecular weight excluding hydrogens is 234 g/mol. The van der Waals surface area contributed by atoms with Crippen molar-refractivity contribution in [3.8, 4) is 5.75 Å². The fraction of sp³-hybridized carbons (Fsp3) is 0.222. The summed E-state index contributed by atoms with van der Waals surface area (Å²) >= 11 is 5.73. The van der Waals surface area contributed by atoms with E-state index < -0.39 is 6.03 Å². The molecule has 0 aliphatic carbocycles. The van der Waals surface area contributed by atoms with Crippen LogP contribution in [0.25, 0.3) is 0 Å². The van der Waals surface area contributed by atoms with E-state index in [2.05, 4.69) is 10.6 Å². The van der Waals surface area contributed by atoms with Gasteiger partial charge < -0.3 is 26.6 Å². The van der Waals surface area contributed by atoms with Crippen LogP contribution in [0.4, 0.5) is 16.2 Å². The molecule has 0 heterocycles. The number of aromatic hydroxyl groups is 1. The fourth-order valence-corrected chi connectivity index (χ4v) is 1.18. The van der Waals surface area contributed by atoms with E-state index in [1.54, 1.807) is 0 Å². The molecule has 0 aromatic heterocycles. The van der Waals surface area contributed by atoms with Crippen LogP contribution < -0.4 is 16.4 Å². The lowest BCUT2D eigenvalue weighted by molar-refractivity contribution is 0.244. The summed E-state index contributed by atoms with van der Waals surface area (Å²) < 4.78 is 0. The van der Waals surface area contributed by atoms with Crippen LogP contribution in [0.2, 0.25) is 5.02 Å². The van der Waals surface area contributed by atoms with Crippen LogP contribution in [0.15, 0.2) is 12.1 Å². The van der Waals surface area contributed by atoms with E-state index in [-0.39, 0.29) is 35.3 Å². The highest BCUT2D eigenvalue weighted by atomic mass is 35.5. The lowest BCUT2D eigenvalue weighted by Gasteiger charge is -2.09. The Bertz CT molecular complexity index is 398. The maximum atomic E-state index is 11.2. The van der Waals surface area contributed by atoms with Gasteiger partial charge in [-0.3, -0.25) is 0 Å². The molecule has 2 amide bonds. The first kappa shape index (κ1) is 12.4. The number of nitrogens with one attached hydrogen (secondary N) is 2. The Hall–Kier alpha value is -1.66. The highest BCUT2D eigenvalue weighted by Gasteiger charge is 2.08. The lowest BCUT2D eigenvalue weighted by atomic mass is 10.2. The Morgan fingerprint density at radius 1 is 1.50 bits per heavy atom. The number of phenols is 1. The molecule has 0 bridgehead atoms. The van der Waals surface area contributed by atoms with E-state index in [9.17, 15) is 9.90 Å². The first-order valence-corrected chi connectivity index (χ1v) is 4.86. The molecule has 0 atom stereocenters. The molecule has 0 aliphatic rings. The minimum absolute atomic E-state index is 0.120. The Labute approximate surface area is 97.0 Å². The van der Waals surface area contributed by atoms with Crippen LogP contribution in [-0.2, 0) is 0 Å². The van der Waals surface area contributed by atoms with Crippen molar-refractivity contribution in [2.75, 3.05) is 24.2 Å². The van der Waals surface area contributed by atoms with Gasteiger partial charge in [0.1, 0.15) is 5.75 Å². The van der Waals surface area contributed by atoms with Crippen LogP contribution >= 0.6 is 11.6 Å². The Balaban J connectivity index is 2.73. The number of carbonyl (C=O) groups excluding carboxylic acids is 1. The number of hydrogen-bond acceptors (Lipinski definition) is 4. The van der Waals surface area contributed by atoms with Gasteiger partial charge >= 0.3 is 6.03 Å². The number of phenolic OH excluding ortho intramolecular Hbond substituents is 1. The predicted molar refractivity (Wildman–Crippen MR) is 61.6 cm³/mol. The molecule has 0 radical (unpaired) electrons. The maximum absolute atomic E-state index is 11.2. The van der Waals surface area contributed by atoms with Crippen molar-refractivity contribution >= 4 is 29.0 Å². The topological polar surface area (TPSA) is 108 Å². The lowest BCUT2D eigenvalue weighted by Crippen LogP contribution is -2.30. The zero-order valence-corrected chi connectivity index (χ0v) is 9.08. The number of aliphatic hydroxyl groups is 1. The van der Waals surface area contributed by atoms with E-state index >= 15 is 0 Å². The summed E-state index contributed by atoms with van der Waals surface area (Å²) in [6, 6.07) is 2.03. The highest BCUT2D eigenvalue weighted by molar-refractivity contribution is 6.33. The van der Waals surface area contributed by atoms with Gasteiger partial charge in [-0.05, 0) is 6.07 Å². The third-order valence-corrected chi connectivity index (χ3v) is 2.09. The number of nitrogen functional groups attached to an aromatic ring is 1. The number of amides is 2. The average molecular weight is 246 g/mol. The van der Waals surface area contributed by atoms with Crippen LogP contribution in [-0.4, -0.2) is 29.4 Å². The molecule has 0 saturated heterocycles. The molecule has 7 heteroatoms. The second-order valence-corrected chi connectivity index (χ2v) is 3.40. The Morgan fingerprint density at radius 3 is 2.81 bits per heavy atom. The molecule has 88 valence electrons. The van der Waals surface area contributed by atoms with Crippen molar-refractivity contribution in [1.82, 2.24) is 5.32 Å². The van der Waals surface area contributed by atoms with Crippen molar-refractivity contribution in [2.24, 2.45) is 0 Å². The third kappa shape index (κ3) is 3.18. The van der Waals surface area contributed by atoms with Crippen LogP contribution in [0.5, 0.6) is 5.75 Å². The summed E-state index contributed by atoms with van der Waals surface area (Å²) in [7, 11) is 0. The number of benzene rings is 1. The number of rotatable bonds is 3. The summed E-state index contributed by atoms with van der Waals surface area (Å²) in [5.74, 6) is -0.180. The normalized spacial score (nSPS) is 9.88. The number of carbonyl (C=O) groups is 1. The number of anilines is 2. The molecule has 6 N–H and O–H groups in total. The number of urea groups is 1. The zero-order valence-electron chi connectivity index (χ0n) is 8.33. The quantitative estimate of drug-likeness (QED) is 0.400. The highest BCUT2D eigenvalue weighted by Crippen LogP contribution is 2.31. The minimum atomic E-state index is -0.551. The van der Waals surface area contributed by atoms with Gasteiger partial charge in [-0.1, -0.05) is 11.6 Å². The van der Waals surface area contributed by atoms with Gasteiger partial charge in [-0.2, -0.15) is 0 Å². The van der Waals surface area contributed by atoms with E-state index in [1.165, 1.54) is 12.1 Å². The van der Waals surface area contributed by atoms with Gasteiger partial charge in [-0.25, -0.2) is 4.79 Å². The number of aliphatic hydroxyl groups excluding tert-OH is 1. The van der Waals surface area contributed by atoms with E-state index in [0.717, 1.165) is 0 Å². The Morgan fingerprint density at radius 2 is 2.19 bits per heavy atom. The minimum Gasteiger partial charge on any atom is -0.506 e. The van der Waals surface area contributed by atoms with Crippen LogP contribution in [0.3, 0.4) is 0 Å². The average Bonchev–Trinajstić information content (AvgIpc) is 2.23. The number of halogens is 1. The summed E-state index contributed by atoms with van der Waals surface area (Å²) in [6.45, 7) is -0.0444. The van der Waals surface area contributed by atoms with Crippen molar-refractivity contribution in [3.63, 3.8) is 0 Å². The molecular formula is C9H12ClN3O3. The van der Waals surface area contributed by atoms with Gasteiger partial charge in [0, 0.05) is 12.6 Å².